The Kier molecular flexibility index (Phi) is 5.82. The standard InChI is InChI=1S/C11H17N3O4S3/c1-8(11(12)19)21(17,18)14-7-6-9-2-4-10(5-3-9)20(13,15)16/h2-5,8,14H,6-7H2,1H3,(H2,12,19)(H2,13,15,16). The van der Waals surface area contributed by atoms with E-state index in [1.807, 2.05) is 0 Å². The summed E-state index contributed by atoms with van der Waals surface area (Å²) in [4.78, 5) is -0.0889. The SMILES string of the molecule is CC(C(N)=S)S(=O)(=O)NCCc1ccc(S(N)(=O)=O)cc1. The number of hydrogen-bond acceptors (Lipinski definition) is 5. The van der Waals surface area contributed by atoms with Gasteiger partial charge in [-0.05, 0) is 31.0 Å². The van der Waals surface area contributed by atoms with Crippen molar-refractivity contribution in [3.63, 3.8) is 0 Å². The maximum absolute atomic E-state index is 11.8. The van der Waals surface area contributed by atoms with Gasteiger partial charge in [-0.2, -0.15) is 0 Å². The lowest BCUT2D eigenvalue weighted by atomic mass is 10.2. The normalized spacial score (nSPS) is 13.8. The van der Waals surface area contributed by atoms with Crippen LogP contribution in [-0.2, 0) is 26.5 Å². The van der Waals surface area contributed by atoms with Gasteiger partial charge in [0.15, 0.2) is 0 Å². The Morgan fingerprint density at radius 2 is 1.76 bits per heavy atom. The van der Waals surface area contributed by atoms with Crippen molar-refractivity contribution in [3.8, 4) is 0 Å². The van der Waals surface area contributed by atoms with Crippen LogP contribution in [0, 0.1) is 0 Å². The fourth-order valence-corrected chi connectivity index (χ4v) is 3.30. The molecule has 0 aliphatic rings. The molecule has 0 fully saturated rings. The molecule has 1 aromatic rings. The molecule has 0 spiro atoms. The minimum atomic E-state index is -3.72. The third-order valence-electron chi connectivity index (χ3n) is 2.83. The van der Waals surface area contributed by atoms with Crippen LogP contribution in [0.3, 0.4) is 0 Å². The summed E-state index contributed by atoms with van der Waals surface area (Å²) in [5.74, 6) is 0. The predicted molar refractivity (Wildman–Crippen MR) is 84.7 cm³/mol. The van der Waals surface area contributed by atoms with Gasteiger partial charge >= 0.3 is 0 Å². The Morgan fingerprint density at radius 1 is 1.24 bits per heavy atom. The second kappa shape index (κ2) is 6.79. The zero-order valence-corrected chi connectivity index (χ0v) is 13.8. The molecular formula is C11H17N3O4S3. The lowest BCUT2D eigenvalue weighted by Crippen LogP contribution is -2.40. The molecule has 118 valence electrons. The van der Waals surface area contributed by atoms with Crippen LogP contribution < -0.4 is 15.6 Å². The van der Waals surface area contributed by atoms with Crippen molar-refractivity contribution in [3.05, 3.63) is 29.8 Å². The first-order chi connectivity index (χ1) is 9.54. The topological polar surface area (TPSA) is 132 Å². The molecule has 0 aliphatic heterocycles. The monoisotopic (exact) mass is 351 g/mol. The van der Waals surface area contributed by atoms with Gasteiger partial charge in [0.25, 0.3) is 0 Å². The first kappa shape index (κ1) is 18.0. The third kappa shape index (κ3) is 5.32. The number of sulfonamides is 2. The van der Waals surface area contributed by atoms with E-state index in [9.17, 15) is 16.8 Å². The summed E-state index contributed by atoms with van der Waals surface area (Å²) in [6.07, 6.45) is 0.397. The van der Waals surface area contributed by atoms with Crippen LogP contribution >= 0.6 is 12.2 Å². The molecule has 1 atom stereocenters. The van der Waals surface area contributed by atoms with Crippen molar-refractivity contribution in [2.75, 3.05) is 6.54 Å². The van der Waals surface area contributed by atoms with E-state index in [1.54, 1.807) is 12.1 Å². The maximum Gasteiger partial charge on any atom is 0.238 e. The van der Waals surface area contributed by atoms with Crippen molar-refractivity contribution >= 4 is 37.3 Å². The summed E-state index contributed by atoms with van der Waals surface area (Å²) in [5, 5.41) is 4.04. The van der Waals surface area contributed by atoms with Gasteiger partial charge in [-0.15, -0.1) is 0 Å². The molecule has 0 radical (unpaired) electrons. The lowest BCUT2D eigenvalue weighted by Gasteiger charge is -2.12. The Bertz CT molecular complexity index is 712. The number of thiocarbonyl (C=S) groups is 1. The van der Waals surface area contributed by atoms with E-state index in [2.05, 4.69) is 16.9 Å². The van der Waals surface area contributed by atoms with Crippen LogP contribution in [0.25, 0.3) is 0 Å². The second-order valence-corrected chi connectivity index (χ2v) is 8.54. The first-order valence-electron chi connectivity index (χ1n) is 5.93. The predicted octanol–water partition coefficient (Wildman–Crippen LogP) is -0.529. The zero-order chi connectivity index (χ0) is 16.3. The molecule has 1 rings (SSSR count). The molecule has 10 heteroatoms. The highest BCUT2D eigenvalue weighted by atomic mass is 32.2. The van der Waals surface area contributed by atoms with E-state index >= 15 is 0 Å². The van der Waals surface area contributed by atoms with Gasteiger partial charge in [-0.1, -0.05) is 24.4 Å². The van der Waals surface area contributed by atoms with Gasteiger partial charge in [-0.3, -0.25) is 0 Å². The number of benzene rings is 1. The fourth-order valence-electron chi connectivity index (χ4n) is 1.46. The molecule has 1 aromatic carbocycles. The molecule has 0 aromatic heterocycles. The Morgan fingerprint density at radius 3 is 2.19 bits per heavy atom. The van der Waals surface area contributed by atoms with Crippen LogP contribution in [0.15, 0.2) is 29.2 Å². The molecule has 1 unspecified atom stereocenters. The van der Waals surface area contributed by atoms with E-state index in [4.69, 9.17) is 10.9 Å². The number of nitrogens with two attached hydrogens (primary N) is 2. The summed E-state index contributed by atoms with van der Waals surface area (Å²) in [6, 6.07) is 5.89. The number of hydrogen-bond donors (Lipinski definition) is 3. The maximum atomic E-state index is 11.8. The van der Waals surface area contributed by atoms with Crippen molar-refractivity contribution in [2.24, 2.45) is 10.9 Å². The van der Waals surface area contributed by atoms with E-state index < -0.39 is 25.3 Å². The number of primary sulfonamides is 1. The molecule has 0 amide bonds. The molecule has 5 N–H and O–H groups in total. The molecule has 0 aliphatic carbocycles. The van der Waals surface area contributed by atoms with Gasteiger partial charge in [-0.25, -0.2) is 26.7 Å². The minimum absolute atomic E-state index is 0.00827. The smallest absolute Gasteiger partial charge is 0.238 e. The Hall–Kier alpha value is -1.07. The molecular weight excluding hydrogens is 334 g/mol. The van der Waals surface area contributed by atoms with Crippen LogP contribution in [0.2, 0.25) is 0 Å². The summed E-state index contributed by atoms with van der Waals surface area (Å²) in [6.45, 7) is 1.57. The van der Waals surface area contributed by atoms with Crippen molar-refractivity contribution in [1.82, 2.24) is 4.72 Å². The summed E-state index contributed by atoms with van der Waals surface area (Å²) in [5.41, 5.74) is 6.08. The Labute approximate surface area is 129 Å². The molecule has 0 heterocycles. The average molecular weight is 351 g/mol. The van der Waals surface area contributed by atoms with Gasteiger partial charge in [0.2, 0.25) is 20.0 Å². The summed E-state index contributed by atoms with van der Waals surface area (Å²) < 4.78 is 48.1. The molecule has 21 heavy (non-hydrogen) atoms. The molecule has 7 nitrogen and oxygen atoms in total. The lowest BCUT2D eigenvalue weighted by molar-refractivity contribution is 0.578. The quantitative estimate of drug-likeness (QED) is 0.566. The highest BCUT2D eigenvalue weighted by Crippen LogP contribution is 2.09. The first-order valence-corrected chi connectivity index (χ1v) is 9.43. The Balaban J connectivity index is 2.63. The van der Waals surface area contributed by atoms with E-state index in [0.717, 1.165) is 5.56 Å². The van der Waals surface area contributed by atoms with Gasteiger partial charge in [0.05, 0.1) is 9.88 Å². The van der Waals surface area contributed by atoms with Crippen molar-refractivity contribution < 1.29 is 16.8 Å². The third-order valence-corrected chi connectivity index (χ3v) is 6.06. The number of nitrogens with one attached hydrogen (secondary N) is 1. The highest BCUT2D eigenvalue weighted by molar-refractivity contribution is 7.93. The van der Waals surface area contributed by atoms with Crippen LogP contribution in [-0.4, -0.2) is 33.6 Å². The second-order valence-electron chi connectivity index (χ2n) is 4.42. The van der Waals surface area contributed by atoms with E-state index in [0.29, 0.717) is 6.42 Å². The van der Waals surface area contributed by atoms with E-state index in [1.165, 1.54) is 19.1 Å². The molecule has 0 bridgehead atoms. The summed E-state index contributed by atoms with van der Waals surface area (Å²) >= 11 is 4.65. The molecule has 0 saturated heterocycles. The van der Waals surface area contributed by atoms with Gasteiger partial charge in [0.1, 0.15) is 5.25 Å². The van der Waals surface area contributed by atoms with Crippen LogP contribution in [0.1, 0.15) is 12.5 Å². The van der Waals surface area contributed by atoms with Crippen molar-refractivity contribution in [1.29, 1.82) is 0 Å². The highest BCUT2D eigenvalue weighted by Gasteiger charge is 2.22. The fraction of sp³-hybridized carbons (Fsp3) is 0.364. The van der Waals surface area contributed by atoms with Crippen LogP contribution in [0.4, 0.5) is 0 Å². The van der Waals surface area contributed by atoms with E-state index in [-0.39, 0.29) is 16.4 Å². The van der Waals surface area contributed by atoms with Crippen molar-refractivity contribution in [2.45, 2.75) is 23.5 Å². The zero-order valence-electron chi connectivity index (χ0n) is 11.3. The minimum Gasteiger partial charge on any atom is -0.392 e. The van der Waals surface area contributed by atoms with Gasteiger partial charge < -0.3 is 5.73 Å². The molecule has 0 saturated carbocycles. The van der Waals surface area contributed by atoms with Crippen LogP contribution in [0.5, 0.6) is 0 Å². The average Bonchev–Trinajstić information content (AvgIpc) is 2.37. The summed E-state index contributed by atoms with van der Waals surface area (Å²) in [7, 11) is -7.32. The largest absolute Gasteiger partial charge is 0.392 e. The number of rotatable bonds is 7. The van der Waals surface area contributed by atoms with Gasteiger partial charge in [0, 0.05) is 6.54 Å².